The number of rotatable bonds is 6. The van der Waals surface area contributed by atoms with Crippen LogP contribution in [0.15, 0.2) is 83.4 Å². The molecule has 1 heterocycles. The molecule has 1 N–H and O–H groups in total. The van der Waals surface area contributed by atoms with Crippen LogP contribution in [0.4, 0.5) is 4.79 Å². The van der Waals surface area contributed by atoms with Crippen LogP contribution in [0.25, 0.3) is 0 Å². The van der Waals surface area contributed by atoms with Gasteiger partial charge in [-0.1, -0.05) is 30.3 Å². The number of sulfonamides is 1. The molecular formula is C21H20N2O7S. The lowest BCUT2D eigenvalue weighted by Gasteiger charge is -2.29. The summed E-state index contributed by atoms with van der Waals surface area (Å²) in [5, 5.41) is 10.1. The van der Waals surface area contributed by atoms with E-state index in [1.54, 1.807) is 24.3 Å². The molecule has 1 amide bonds. The van der Waals surface area contributed by atoms with E-state index in [2.05, 4.69) is 0 Å². The van der Waals surface area contributed by atoms with Crippen molar-refractivity contribution in [2.75, 3.05) is 13.7 Å². The number of hydrogen-bond acceptors (Lipinski definition) is 6. The van der Waals surface area contributed by atoms with Crippen LogP contribution in [0.3, 0.4) is 0 Å². The first-order valence-electron chi connectivity index (χ1n) is 9.11. The number of carbonyl (C=O) groups excluding carboxylic acids is 1. The van der Waals surface area contributed by atoms with Gasteiger partial charge in [0.05, 0.1) is 24.1 Å². The van der Waals surface area contributed by atoms with Crippen LogP contribution in [0.5, 0.6) is 5.75 Å². The molecule has 2 aromatic rings. The fourth-order valence-electron chi connectivity index (χ4n) is 2.74. The highest BCUT2D eigenvalue weighted by Crippen LogP contribution is 2.23. The van der Waals surface area contributed by atoms with Crippen molar-refractivity contribution in [3.63, 3.8) is 0 Å². The fraction of sp³-hybridized carbons (Fsp3) is 0.143. The van der Waals surface area contributed by atoms with Crippen LogP contribution in [0, 0.1) is 0 Å². The summed E-state index contributed by atoms with van der Waals surface area (Å²) in [4.78, 5) is 24.0. The van der Waals surface area contributed by atoms with Crippen molar-refractivity contribution in [2.45, 2.75) is 11.5 Å². The predicted octanol–water partition coefficient (Wildman–Crippen LogP) is 2.78. The molecule has 0 bridgehead atoms. The zero-order valence-electron chi connectivity index (χ0n) is 16.5. The standard InChI is InChI=1S/C21H20N2O7S/c1-29-18-7-9-19(10-8-18)31(27,28)23-14-12-17(11-13-22(23)21(25)26)20(24)30-15-16-5-3-2-4-6-16/h2-12,14H,13,15H2,1H3,(H,25,26). The van der Waals surface area contributed by atoms with E-state index < -0.39 is 22.1 Å². The molecule has 10 heteroatoms. The third-order valence-electron chi connectivity index (χ3n) is 4.38. The minimum Gasteiger partial charge on any atom is -0.497 e. The first kappa shape index (κ1) is 21.9. The number of ether oxygens (including phenoxy) is 2. The van der Waals surface area contributed by atoms with Gasteiger partial charge in [0.15, 0.2) is 0 Å². The van der Waals surface area contributed by atoms with Crippen LogP contribution in [-0.2, 0) is 26.2 Å². The molecule has 162 valence electrons. The van der Waals surface area contributed by atoms with E-state index in [0.717, 1.165) is 11.8 Å². The van der Waals surface area contributed by atoms with Crippen molar-refractivity contribution in [2.24, 2.45) is 0 Å². The van der Waals surface area contributed by atoms with Gasteiger partial charge in [-0.05, 0) is 42.0 Å². The lowest BCUT2D eigenvalue weighted by molar-refractivity contribution is -0.139. The Morgan fingerprint density at radius 3 is 2.35 bits per heavy atom. The Hall–Kier alpha value is -3.79. The van der Waals surface area contributed by atoms with E-state index in [4.69, 9.17) is 9.47 Å². The Bertz CT molecular complexity index is 1110. The Balaban J connectivity index is 1.83. The van der Waals surface area contributed by atoms with E-state index in [1.807, 2.05) is 6.07 Å². The molecule has 0 saturated carbocycles. The molecule has 1 aliphatic heterocycles. The maximum absolute atomic E-state index is 13.0. The maximum atomic E-state index is 13.0. The molecule has 0 unspecified atom stereocenters. The van der Waals surface area contributed by atoms with Crippen molar-refractivity contribution in [1.29, 1.82) is 0 Å². The Morgan fingerprint density at radius 1 is 1.06 bits per heavy atom. The SMILES string of the molecule is COc1ccc(S(=O)(=O)N2C=CC(C(=O)OCc3ccccc3)=CCN2C(=O)O)cc1. The average molecular weight is 444 g/mol. The fourth-order valence-corrected chi connectivity index (χ4v) is 4.06. The van der Waals surface area contributed by atoms with Crippen LogP contribution < -0.4 is 4.74 Å². The number of hydrogen-bond donors (Lipinski definition) is 1. The van der Waals surface area contributed by atoms with Gasteiger partial charge in [-0.3, -0.25) is 0 Å². The molecule has 31 heavy (non-hydrogen) atoms. The van der Waals surface area contributed by atoms with Crippen molar-refractivity contribution >= 4 is 22.1 Å². The quantitative estimate of drug-likeness (QED) is 0.682. The van der Waals surface area contributed by atoms with E-state index in [-0.39, 0.29) is 23.6 Å². The van der Waals surface area contributed by atoms with Gasteiger partial charge in [-0.2, -0.15) is 12.8 Å². The summed E-state index contributed by atoms with van der Waals surface area (Å²) in [7, 11) is -2.82. The van der Waals surface area contributed by atoms with Gasteiger partial charge >= 0.3 is 12.1 Å². The van der Waals surface area contributed by atoms with Crippen LogP contribution in [-0.4, -0.2) is 48.7 Å². The summed E-state index contributed by atoms with van der Waals surface area (Å²) < 4.78 is 36.9. The van der Waals surface area contributed by atoms with Crippen molar-refractivity contribution in [3.05, 3.63) is 84.1 Å². The van der Waals surface area contributed by atoms with Crippen molar-refractivity contribution in [3.8, 4) is 5.75 Å². The summed E-state index contributed by atoms with van der Waals surface area (Å²) >= 11 is 0. The maximum Gasteiger partial charge on any atom is 0.427 e. The van der Waals surface area contributed by atoms with Gasteiger partial charge < -0.3 is 14.6 Å². The van der Waals surface area contributed by atoms with Gasteiger partial charge in [0.25, 0.3) is 10.0 Å². The second-order valence-corrected chi connectivity index (χ2v) is 8.15. The first-order valence-corrected chi connectivity index (χ1v) is 10.5. The number of hydrazine groups is 1. The number of carboxylic acid groups (broad SMARTS) is 1. The highest BCUT2D eigenvalue weighted by atomic mass is 32.2. The number of amides is 1. The summed E-state index contributed by atoms with van der Waals surface area (Å²) in [5.74, 6) is -0.250. The number of esters is 1. The molecule has 0 saturated heterocycles. The van der Waals surface area contributed by atoms with Crippen molar-refractivity contribution < 1.29 is 32.6 Å². The lowest BCUT2D eigenvalue weighted by Crippen LogP contribution is -2.45. The normalized spacial score (nSPS) is 13.9. The molecule has 1 aliphatic rings. The largest absolute Gasteiger partial charge is 0.497 e. The third-order valence-corrected chi connectivity index (χ3v) is 6.06. The number of methoxy groups -OCH3 is 1. The summed E-state index contributed by atoms with van der Waals surface area (Å²) in [5.41, 5.74) is 0.819. The summed E-state index contributed by atoms with van der Waals surface area (Å²) in [6, 6.07) is 14.5. The molecule has 2 aromatic carbocycles. The van der Waals surface area contributed by atoms with E-state index in [1.165, 1.54) is 43.5 Å². The molecule has 0 spiro atoms. The van der Waals surface area contributed by atoms with E-state index in [9.17, 15) is 23.1 Å². The molecule has 0 radical (unpaired) electrons. The lowest BCUT2D eigenvalue weighted by atomic mass is 10.2. The van der Waals surface area contributed by atoms with Gasteiger partial charge in [0.1, 0.15) is 12.4 Å². The molecule has 0 fully saturated rings. The summed E-state index contributed by atoms with van der Waals surface area (Å²) in [6.07, 6.45) is 2.01. The number of carbonyl (C=O) groups is 2. The Morgan fingerprint density at radius 2 is 1.74 bits per heavy atom. The van der Waals surface area contributed by atoms with Crippen LogP contribution in [0.1, 0.15) is 5.56 Å². The van der Waals surface area contributed by atoms with E-state index >= 15 is 0 Å². The molecule has 3 rings (SSSR count). The molecule has 0 aliphatic carbocycles. The molecule has 0 atom stereocenters. The zero-order valence-corrected chi connectivity index (χ0v) is 17.4. The van der Waals surface area contributed by atoms with Gasteiger partial charge in [-0.15, -0.1) is 0 Å². The molecule has 9 nitrogen and oxygen atoms in total. The van der Waals surface area contributed by atoms with Gasteiger partial charge in [0, 0.05) is 6.20 Å². The topological polar surface area (TPSA) is 113 Å². The average Bonchev–Trinajstić information content (AvgIpc) is 3.02. The smallest absolute Gasteiger partial charge is 0.427 e. The first-order chi connectivity index (χ1) is 14.8. The molecular weight excluding hydrogens is 424 g/mol. The predicted molar refractivity (Wildman–Crippen MR) is 110 cm³/mol. The second-order valence-electron chi connectivity index (χ2n) is 6.35. The third kappa shape index (κ3) is 5.04. The van der Waals surface area contributed by atoms with Crippen LogP contribution in [0.2, 0.25) is 0 Å². The molecule has 0 aromatic heterocycles. The Kier molecular flexibility index (Phi) is 6.61. The minimum absolute atomic E-state index is 0.0291. The van der Waals surface area contributed by atoms with Gasteiger partial charge in [0.2, 0.25) is 0 Å². The van der Waals surface area contributed by atoms with E-state index in [0.29, 0.717) is 15.2 Å². The monoisotopic (exact) mass is 444 g/mol. The summed E-state index contributed by atoms with van der Waals surface area (Å²) in [6.45, 7) is -0.338. The highest BCUT2D eigenvalue weighted by molar-refractivity contribution is 7.89. The minimum atomic E-state index is -4.26. The second kappa shape index (κ2) is 9.35. The Labute approximate surface area is 179 Å². The number of nitrogens with zero attached hydrogens (tertiary/aromatic N) is 2. The zero-order chi connectivity index (χ0) is 22.4. The highest BCUT2D eigenvalue weighted by Gasteiger charge is 2.32. The van der Waals surface area contributed by atoms with Gasteiger partial charge in [-0.25, -0.2) is 14.6 Å². The van der Waals surface area contributed by atoms with Crippen molar-refractivity contribution in [1.82, 2.24) is 9.42 Å². The van der Waals surface area contributed by atoms with Crippen LogP contribution >= 0.6 is 0 Å². The number of benzene rings is 2.